The van der Waals surface area contributed by atoms with Crippen LogP contribution in [0.1, 0.15) is 12.8 Å². The minimum Gasteiger partial charge on any atom is -0.355 e. The van der Waals surface area contributed by atoms with Crippen LogP contribution in [-0.2, 0) is 14.8 Å². The van der Waals surface area contributed by atoms with Gasteiger partial charge in [-0.15, -0.1) is 11.6 Å². The Morgan fingerprint density at radius 1 is 1.36 bits per heavy atom. The SMILES string of the molecule is O=C(CCl)NCC1CCN(S(=O)(=O)c2ccc(Cl)nc2)CC1. The lowest BCUT2D eigenvalue weighted by Crippen LogP contribution is -2.41. The normalized spacial score (nSPS) is 17.4. The van der Waals surface area contributed by atoms with Crippen molar-refractivity contribution in [1.82, 2.24) is 14.6 Å². The molecule has 0 aliphatic carbocycles. The van der Waals surface area contributed by atoms with E-state index in [4.69, 9.17) is 23.2 Å². The molecule has 1 aromatic rings. The Morgan fingerprint density at radius 3 is 2.59 bits per heavy atom. The number of nitrogens with one attached hydrogen (secondary N) is 1. The van der Waals surface area contributed by atoms with Gasteiger partial charge in [0, 0.05) is 25.8 Å². The summed E-state index contributed by atoms with van der Waals surface area (Å²) in [6.07, 6.45) is 2.66. The summed E-state index contributed by atoms with van der Waals surface area (Å²) in [7, 11) is -3.53. The molecule has 1 aromatic heterocycles. The summed E-state index contributed by atoms with van der Waals surface area (Å²) in [6.45, 7) is 1.38. The van der Waals surface area contributed by atoms with E-state index < -0.39 is 10.0 Å². The monoisotopic (exact) mass is 365 g/mol. The Kier molecular flexibility index (Phi) is 6.02. The van der Waals surface area contributed by atoms with E-state index in [1.54, 1.807) is 0 Å². The molecule has 2 heterocycles. The van der Waals surface area contributed by atoms with Crippen LogP contribution in [0, 0.1) is 5.92 Å². The van der Waals surface area contributed by atoms with Crippen LogP contribution in [0.2, 0.25) is 5.15 Å². The number of pyridine rings is 1. The van der Waals surface area contributed by atoms with Crippen LogP contribution >= 0.6 is 23.2 Å². The third kappa shape index (κ3) is 4.32. The molecule has 1 fully saturated rings. The number of rotatable bonds is 5. The number of alkyl halides is 1. The zero-order valence-corrected chi connectivity index (χ0v) is 14.2. The topological polar surface area (TPSA) is 79.4 Å². The average Bonchev–Trinajstić information content (AvgIpc) is 2.53. The summed E-state index contributed by atoms with van der Waals surface area (Å²) in [5, 5.41) is 2.99. The summed E-state index contributed by atoms with van der Waals surface area (Å²) in [5.41, 5.74) is 0. The molecule has 6 nitrogen and oxygen atoms in total. The van der Waals surface area contributed by atoms with Crippen molar-refractivity contribution in [3.63, 3.8) is 0 Å². The van der Waals surface area contributed by atoms with E-state index in [2.05, 4.69) is 10.3 Å². The fourth-order valence-corrected chi connectivity index (χ4v) is 3.94. The molecule has 1 amide bonds. The predicted octanol–water partition coefficient (Wildman–Crippen LogP) is 1.49. The Morgan fingerprint density at radius 2 is 2.05 bits per heavy atom. The first kappa shape index (κ1) is 17.5. The smallest absolute Gasteiger partial charge is 0.244 e. The van der Waals surface area contributed by atoms with Crippen molar-refractivity contribution in [2.24, 2.45) is 5.92 Å². The van der Waals surface area contributed by atoms with Crippen LogP contribution in [0.25, 0.3) is 0 Å². The zero-order valence-electron chi connectivity index (χ0n) is 11.8. The Bertz CT molecular complexity index is 614. The highest BCUT2D eigenvalue weighted by Crippen LogP contribution is 2.23. The van der Waals surface area contributed by atoms with Gasteiger partial charge in [0.15, 0.2) is 0 Å². The number of piperidine rings is 1. The van der Waals surface area contributed by atoms with Gasteiger partial charge in [0.1, 0.15) is 15.9 Å². The molecule has 0 bridgehead atoms. The fourth-order valence-electron chi connectivity index (χ4n) is 2.32. The molecule has 1 aliphatic heterocycles. The summed E-state index contributed by atoms with van der Waals surface area (Å²) in [5.74, 6) is 0.00229. The number of hydrogen-bond acceptors (Lipinski definition) is 4. The van der Waals surface area contributed by atoms with Crippen molar-refractivity contribution >= 4 is 39.1 Å². The molecular weight excluding hydrogens is 349 g/mol. The quantitative estimate of drug-likeness (QED) is 0.633. The largest absolute Gasteiger partial charge is 0.355 e. The molecular formula is C13H17Cl2N3O3S. The van der Waals surface area contributed by atoms with Gasteiger partial charge in [-0.25, -0.2) is 13.4 Å². The molecule has 1 saturated heterocycles. The predicted molar refractivity (Wildman–Crippen MR) is 84.5 cm³/mol. The maximum Gasteiger partial charge on any atom is 0.244 e. The maximum absolute atomic E-state index is 12.5. The molecule has 1 N–H and O–H groups in total. The third-order valence-electron chi connectivity index (χ3n) is 3.62. The molecule has 0 radical (unpaired) electrons. The zero-order chi connectivity index (χ0) is 16.2. The molecule has 0 aromatic carbocycles. The van der Waals surface area contributed by atoms with Crippen molar-refractivity contribution in [1.29, 1.82) is 0 Å². The highest BCUT2D eigenvalue weighted by Gasteiger charge is 2.29. The maximum atomic E-state index is 12.5. The van der Waals surface area contributed by atoms with E-state index in [1.165, 1.54) is 22.6 Å². The summed E-state index contributed by atoms with van der Waals surface area (Å²) in [4.78, 5) is 15.1. The van der Waals surface area contributed by atoms with Gasteiger partial charge in [-0.05, 0) is 30.9 Å². The van der Waals surface area contributed by atoms with Crippen LogP contribution in [0.4, 0.5) is 0 Å². The first-order chi connectivity index (χ1) is 10.4. The van der Waals surface area contributed by atoms with Crippen LogP contribution in [0.5, 0.6) is 0 Å². The van der Waals surface area contributed by atoms with Gasteiger partial charge >= 0.3 is 0 Å². The third-order valence-corrected chi connectivity index (χ3v) is 5.97. The van der Waals surface area contributed by atoms with E-state index in [-0.39, 0.29) is 27.8 Å². The summed E-state index contributed by atoms with van der Waals surface area (Å²) < 4.78 is 26.4. The van der Waals surface area contributed by atoms with E-state index in [0.29, 0.717) is 32.5 Å². The van der Waals surface area contributed by atoms with Gasteiger partial charge in [-0.3, -0.25) is 4.79 Å². The molecule has 1 aliphatic rings. The lowest BCUT2D eigenvalue weighted by molar-refractivity contribution is -0.118. The van der Waals surface area contributed by atoms with Crippen LogP contribution in [0.3, 0.4) is 0 Å². The second kappa shape index (κ2) is 7.59. The molecule has 122 valence electrons. The van der Waals surface area contributed by atoms with Crippen molar-refractivity contribution in [2.75, 3.05) is 25.5 Å². The van der Waals surface area contributed by atoms with E-state index in [1.807, 2.05) is 0 Å². The van der Waals surface area contributed by atoms with E-state index in [9.17, 15) is 13.2 Å². The summed E-state index contributed by atoms with van der Waals surface area (Å²) in [6, 6.07) is 2.92. The lowest BCUT2D eigenvalue weighted by atomic mass is 9.98. The number of carbonyl (C=O) groups excluding carboxylic acids is 1. The molecule has 22 heavy (non-hydrogen) atoms. The molecule has 0 saturated carbocycles. The van der Waals surface area contributed by atoms with Crippen molar-refractivity contribution in [3.05, 3.63) is 23.5 Å². The molecule has 0 atom stereocenters. The van der Waals surface area contributed by atoms with Gasteiger partial charge in [0.2, 0.25) is 15.9 Å². The van der Waals surface area contributed by atoms with Crippen LogP contribution in [0.15, 0.2) is 23.2 Å². The fraction of sp³-hybridized carbons (Fsp3) is 0.538. The van der Waals surface area contributed by atoms with Crippen molar-refractivity contribution in [3.8, 4) is 0 Å². The van der Waals surface area contributed by atoms with Gasteiger partial charge < -0.3 is 5.32 Å². The van der Waals surface area contributed by atoms with Gasteiger partial charge in [0.05, 0.1) is 0 Å². The second-order valence-electron chi connectivity index (χ2n) is 5.10. The minimum atomic E-state index is -3.53. The molecule has 9 heteroatoms. The highest BCUT2D eigenvalue weighted by molar-refractivity contribution is 7.89. The average molecular weight is 366 g/mol. The number of nitrogens with zero attached hydrogens (tertiary/aromatic N) is 2. The number of carbonyl (C=O) groups is 1. The number of sulfonamides is 1. The first-order valence-electron chi connectivity index (χ1n) is 6.88. The summed E-state index contributed by atoms with van der Waals surface area (Å²) >= 11 is 11.1. The number of halogens is 2. The second-order valence-corrected chi connectivity index (χ2v) is 7.69. The standard InChI is InChI=1S/C13H17Cl2N3O3S/c14-7-13(19)17-8-10-3-5-18(6-4-10)22(20,21)11-1-2-12(15)16-9-11/h1-2,9-10H,3-8H2,(H,17,19). The number of aromatic nitrogens is 1. The number of hydrogen-bond donors (Lipinski definition) is 1. The minimum absolute atomic E-state index is 0.0587. The Balaban J connectivity index is 1.93. The highest BCUT2D eigenvalue weighted by atomic mass is 35.5. The lowest BCUT2D eigenvalue weighted by Gasteiger charge is -2.31. The van der Waals surface area contributed by atoms with Gasteiger partial charge in [0.25, 0.3) is 0 Å². The van der Waals surface area contributed by atoms with Crippen molar-refractivity contribution in [2.45, 2.75) is 17.7 Å². The van der Waals surface area contributed by atoms with Crippen LogP contribution in [-0.4, -0.2) is 49.1 Å². The van der Waals surface area contributed by atoms with E-state index >= 15 is 0 Å². The Hall–Kier alpha value is -0.890. The number of amides is 1. The van der Waals surface area contributed by atoms with Crippen molar-refractivity contribution < 1.29 is 13.2 Å². The van der Waals surface area contributed by atoms with Gasteiger partial charge in [-0.1, -0.05) is 11.6 Å². The van der Waals surface area contributed by atoms with E-state index in [0.717, 1.165) is 0 Å². The van der Waals surface area contributed by atoms with Crippen LogP contribution < -0.4 is 5.32 Å². The molecule has 0 spiro atoms. The molecule has 0 unspecified atom stereocenters. The molecule has 2 rings (SSSR count). The Labute approximate surface area is 139 Å². The first-order valence-corrected chi connectivity index (χ1v) is 9.23. The van der Waals surface area contributed by atoms with Gasteiger partial charge in [-0.2, -0.15) is 4.31 Å².